The van der Waals surface area contributed by atoms with E-state index in [-0.39, 0.29) is 24.0 Å². The summed E-state index contributed by atoms with van der Waals surface area (Å²) in [6.07, 6.45) is 4.92. The van der Waals surface area contributed by atoms with Crippen molar-refractivity contribution in [2.45, 2.75) is 52.5 Å². The fraction of sp³-hybridized carbons (Fsp3) is 0.938. The number of nitrogens with zero attached hydrogens (tertiary/aromatic N) is 2. The molecular weight excluding hydrogens is 391 g/mol. The van der Waals surface area contributed by atoms with Gasteiger partial charge in [-0.15, -0.1) is 24.0 Å². The molecular formula is C16H35IN4O. The minimum atomic E-state index is 0. The molecule has 22 heavy (non-hydrogen) atoms. The molecule has 0 aliphatic heterocycles. The molecule has 1 aliphatic carbocycles. The van der Waals surface area contributed by atoms with Crippen LogP contribution in [-0.4, -0.2) is 62.8 Å². The fourth-order valence-electron chi connectivity index (χ4n) is 2.35. The van der Waals surface area contributed by atoms with Crippen molar-refractivity contribution in [2.24, 2.45) is 4.99 Å². The van der Waals surface area contributed by atoms with Crippen LogP contribution in [0.25, 0.3) is 0 Å². The van der Waals surface area contributed by atoms with Gasteiger partial charge in [-0.25, -0.2) is 0 Å². The molecule has 0 bridgehead atoms. The van der Waals surface area contributed by atoms with Gasteiger partial charge in [-0.1, -0.05) is 6.92 Å². The first-order valence-corrected chi connectivity index (χ1v) is 8.65. The molecule has 1 aliphatic rings. The van der Waals surface area contributed by atoms with Crippen molar-refractivity contribution >= 4 is 29.9 Å². The lowest BCUT2D eigenvalue weighted by molar-refractivity contribution is 0.144. The zero-order valence-electron chi connectivity index (χ0n) is 14.6. The average Bonchev–Trinajstić information content (AvgIpc) is 3.31. The molecule has 1 fully saturated rings. The lowest BCUT2D eigenvalue weighted by Gasteiger charge is -2.20. The maximum Gasteiger partial charge on any atom is 0.191 e. The summed E-state index contributed by atoms with van der Waals surface area (Å²) in [7, 11) is 0. The third-order valence-electron chi connectivity index (χ3n) is 3.68. The maximum atomic E-state index is 5.33. The Hall–Kier alpha value is -0.0800. The van der Waals surface area contributed by atoms with Gasteiger partial charge in [0.05, 0.1) is 0 Å². The Morgan fingerprint density at radius 1 is 1.18 bits per heavy atom. The predicted octanol–water partition coefficient (Wildman–Crippen LogP) is 2.46. The molecule has 0 atom stereocenters. The topological polar surface area (TPSA) is 48.9 Å². The summed E-state index contributed by atoms with van der Waals surface area (Å²) in [6.45, 7) is 13.0. The zero-order chi connectivity index (χ0) is 15.3. The number of hydrogen-bond donors (Lipinski definition) is 2. The zero-order valence-corrected chi connectivity index (χ0v) is 16.9. The van der Waals surface area contributed by atoms with Crippen molar-refractivity contribution in [2.75, 3.05) is 45.9 Å². The number of hydrogen-bond acceptors (Lipinski definition) is 3. The monoisotopic (exact) mass is 426 g/mol. The van der Waals surface area contributed by atoms with Crippen molar-refractivity contribution in [3.8, 4) is 0 Å². The number of nitrogens with one attached hydrogen (secondary N) is 2. The normalized spacial score (nSPS) is 14.8. The van der Waals surface area contributed by atoms with E-state index in [2.05, 4.69) is 34.4 Å². The van der Waals surface area contributed by atoms with Crippen LogP contribution in [-0.2, 0) is 4.74 Å². The highest BCUT2D eigenvalue weighted by Crippen LogP contribution is 2.25. The van der Waals surface area contributed by atoms with Gasteiger partial charge in [0, 0.05) is 45.4 Å². The quantitative estimate of drug-likeness (QED) is 0.218. The van der Waals surface area contributed by atoms with E-state index in [0.717, 1.165) is 70.8 Å². The second kappa shape index (κ2) is 14.5. The van der Waals surface area contributed by atoms with Gasteiger partial charge in [-0.05, 0) is 46.1 Å². The number of ether oxygens (including phenoxy) is 1. The number of halogens is 1. The first-order chi connectivity index (χ1) is 10.3. The highest BCUT2D eigenvalue weighted by atomic mass is 127. The summed E-state index contributed by atoms with van der Waals surface area (Å²) in [6, 6.07) is 0.842. The maximum absolute atomic E-state index is 5.33. The highest BCUT2D eigenvalue weighted by Gasteiger charge is 2.27. The second-order valence-corrected chi connectivity index (χ2v) is 5.45. The van der Waals surface area contributed by atoms with Gasteiger partial charge in [0.2, 0.25) is 0 Å². The number of likely N-dealkylation sites (N-methyl/N-ethyl adjacent to an activating group) is 1. The van der Waals surface area contributed by atoms with Gasteiger partial charge in [-0.2, -0.15) is 0 Å². The minimum Gasteiger partial charge on any atom is -0.382 e. The van der Waals surface area contributed by atoms with E-state index in [1.807, 2.05) is 6.92 Å². The first-order valence-electron chi connectivity index (χ1n) is 8.65. The lowest BCUT2D eigenvalue weighted by atomic mass is 10.3. The summed E-state index contributed by atoms with van der Waals surface area (Å²) in [5.41, 5.74) is 0. The number of rotatable bonds is 12. The van der Waals surface area contributed by atoms with E-state index in [1.165, 1.54) is 12.8 Å². The molecule has 0 aromatic heterocycles. The van der Waals surface area contributed by atoms with Gasteiger partial charge in [0.1, 0.15) is 0 Å². The van der Waals surface area contributed by atoms with Gasteiger partial charge in [0.25, 0.3) is 0 Å². The molecule has 1 rings (SSSR count). The molecule has 0 spiro atoms. The summed E-state index contributed by atoms with van der Waals surface area (Å²) in [4.78, 5) is 7.17. The van der Waals surface area contributed by atoms with Gasteiger partial charge in [0.15, 0.2) is 5.96 Å². The lowest BCUT2D eigenvalue weighted by Crippen LogP contribution is -2.42. The van der Waals surface area contributed by atoms with Crippen molar-refractivity contribution in [3.05, 3.63) is 0 Å². The molecule has 1 saturated carbocycles. The molecule has 0 heterocycles. The van der Waals surface area contributed by atoms with E-state index < -0.39 is 0 Å². The Morgan fingerprint density at radius 2 is 1.95 bits per heavy atom. The summed E-state index contributed by atoms with van der Waals surface area (Å²) >= 11 is 0. The van der Waals surface area contributed by atoms with E-state index >= 15 is 0 Å². The standard InChI is InChI=1S/C16H34N4O.HI/c1-4-17-16(18-11-7-8-14-21-6-3)19-12-13-20(5-2)15-9-10-15;/h15H,4-14H2,1-3H3,(H2,17,18,19);1H. The Balaban J connectivity index is 0.00000441. The van der Waals surface area contributed by atoms with Gasteiger partial charge < -0.3 is 15.4 Å². The Labute approximate surface area is 153 Å². The van der Waals surface area contributed by atoms with Crippen molar-refractivity contribution in [1.29, 1.82) is 0 Å². The average molecular weight is 426 g/mol. The number of unbranched alkanes of at least 4 members (excludes halogenated alkanes) is 1. The van der Waals surface area contributed by atoms with Crippen LogP contribution in [0.15, 0.2) is 4.99 Å². The van der Waals surface area contributed by atoms with Crippen LogP contribution >= 0.6 is 24.0 Å². The third kappa shape index (κ3) is 10.6. The Bertz CT molecular complexity index is 285. The van der Waals surface area contributed by atoms with E-state index in [9.17, 15) is 0 Å². The molecule has 6 heteroatoms. The van der Waals surface area contributed by atoms with E-state index in [4.69, 9.17) is 4.74 Å². The van der Waals surface area contributed by atoms with Crippen LogP contribution in [0.2, 0.25) is 0 Å². The van der Waals surface area contributed by atoms with Crippen molar-refractivity contribution in [3.63, 3.8) is 0 Å². The van der Waals surface area contributed by atoms with Gasteiger partial charge >= 0.3 is 0 Å². The van der Waals surface area contributed by atoms with E-state index in [1.54, 1.807) is 0 Å². The molecule has 0 radical (unpaired) electrons. The minimum absolute atomic E-state index is 0. The summed E-state index contributed by atoms with van der Waals surface area (Å²) in [5, 5.41) is 6.75. The molecule has 5 nitrogen and oxygen atoms in total. The number of guanidine groups is 1. The van der Waals surface area contributed by atoms with Crippen molar-refractivity contribution < 1.29 is 4.74 Å². The van der Waals surface area contributed by atoms with Crippen LogP contribution < -0.4 is 10.6 Å². The molecule has 0 saturated heterocycles. The smallest absolute Gasteiger partial charge is 0.191 e. The second-order valence-electron chi connectivity index (χ2n) is 5.45. The van der Waals surface area contributed by atoms with Crippen molar-refractivity contribution in [1.82, 2.24) is 15.5 Å². The van der Waals surface area contributed by atoms with Crippen LogP contribution in [0, 0.1) is 0 Å². The highest BCUT2D eigenvalue weighted by molar-refractivity contribution is 14.0. The molecule has 0 unspecified atom stereocenters. The summed E-state index contributed by atoms with van der Waals surface area (Å²) in [5.74, 6) is 0.945. The van der Waals surface area contributed by atoms with Crippen LogP contribution in [0.1, 0.15) is 46.5 Å². The van der Waals surface area contributed by atoms with Crippen LogP contribution in [0.5, 0.6) is 0 Å². The fourth-order valence-corrected chi connectivity index (χ4v) is 2.35. The molecule has 0 aromatic carbocycles. The Morgan fingerprint density at radius 3 is 2.55 bits per heavy atom. The first kappa shape index (κ1) is 21.9. The predicted molar refractivity (Wildman–Crippen MR) is 105 cm³/mol. The molecule has 132 valence electrons. The molecule has 0 amide bonds. The number of aliphatic imine (C=N–C) groups is 1. The summed E-state index contributed by atoms with van der Waals surface area (Å²) < 4.78 is 5.33. The van der Waals surface area contributed by atoms with Crippen LogP contribution in [0.3, 0.4) is 0 Å². The third-order valence-corrected chi connectivity index (χ3v) is 3.68. The largest absolute Gasteiger partial charge is 0.382 e. The molecule has 0 aromatic rings. The van der Waals surface area contributed by atoms with Gasteiger partial charge in [-0.3, -0.25) is 9.89 Å². The SMILES string of the molecule is CCNC(=NCCCCOCC)NCCN(CC)C1CC1.I. The van der Waals surface area contributed by atoms with Crippen LogP contribution in [0.4, 0.5) is 0 Å². The molecule has 2 N–H and O–H groups in total. The van der Waals surface area contributed by atoms with E-state index in [0.29, 0.717) is 0 Å². The Kier molecular flexibility index (Phi) is 14.5.